The number of nitrogens with zero attached hydrogens (tertiary/aromatic N) is 1. The zero-order valence-corrected chi connectivity index (χ0v) is 15.4. The Morgan fingerprint density at radius 2 is 1.84 bits per heavy atom. The van der Waals surface area contributed by atoms with Crippen molar-refractivity contribution in [3.05, 3.63) is 58.1 Å². The first kappa shape index (κ1) is 18.1. The van der Waals surface area contributed by atoms with Gasteiger partial charge in [0.15, 0.2) is 0 Å². The number of carbonyl (C=O) groups is 1. The van der Waals surface area contributed by atoms with Gasteiger partial charge in [0.1, 0.15) is 17.1 Å². The van der Waals surface area contributed by atoms with Crippen molar-refractivity contribution >= 4 is 29.1 Å². The molecule has 1 heterocycles. The normalized spacial score (nSPS) is 19.9. The fourth-order valence-electron chi connectivity index (χ4n) is 3.18. The summed E-state index contributed by atoms with van der Waals surface area (Å²) >= 11 is 12.5. The number of ether oxygens (including phenoxy) is 1. The summed E-state index contributed by atoms with van der Waals surface area (Å²) in [5.41, 5.74) is 6.13. The number of likely N-dealkylation sites (tertiary alicyclic amines) is 1. The van der Waals surface area contributed by atoms with Gasteiger partial charge in [0.05, 0.1) is 10.0 Å². The average Bonchev–Trinajstić information content (AvgIpc) is 2.98. The molecule has 1 aliphatic rings. The number of hydrogen-bond acceptors (Lipinski definition) is 3. The van der Waals surface area contributed by atoms with Gasteiger partial charge in [-0.2, -0.15) is 0 Å². The standard InChI is InChI=1S/C19H20Cl2N2O2/c1-12-9-13(10-22)11-23(12)19(24)18-15(21)6-4-8-17(18)25-16-7-3-2-5-14(16)20/h2-8,12-13H,9-11,22H2,1H3. The Hall–Kier alpha value is -1.75. The Labute approximate surface area is 157 Å². The van der Waals surface area contributed by atoms with E-state index in [1.54, 1.807) is 30.3 Å². The molecule has 132 valence electrons. The van der Waals surface area contributed by atoms with Crippen LogP contribution in [0, 0.1) is 5.92 Å². The van der Waals surface area contributed by atoms with Crippen LogP contribution in [0.4, 0.5) is 0 Å². The molecule has 6 heteroatoms. The highest BCUT2D eigenvalue weighted by Crippen LogP contribution is 2.36. The Morgan fingerprint density at radius 1 is 1.16 bits per heavy atom. The molecule has 2 N–H and O–H groups in total. The monoisotopic (exact) mass is 378 g/mol. The molecule has 0 spiro atoms. The molecule has 4 nitrogen and oxygen atoms in total. The van der Waals surface area contributed by atoms with Gasteiger partial charge in [-0.3, -0.25) is 4.79 Å². The van der Waals surface area contributed by atoms with Gasteiger partial charge in [-0.1, -0.05) is 41.4 Å². The minimum Gasteiger partial charge on any atom is -0.455 e. The van der Waals surface area contributed by atoms with Crippen LogP contribution >= 0.6 is 23.2 Å². The summed E-state index contributed by atoms with van der Waals surface area (Å²) in [6.45, 7) is 3.23. The van der Waals surface area contributed by atoms with Crippen molar-refractivity contribution in [2.75, 3.05) is 13.1 Å². The predicted molar refractivity (Wildman–Crippen MR) is 101 cm³/mol. The lowest BCUT2D eigenvalue weighted by Gasteiger charge is -2.23. The molecule has 1 saturated heterocycles. The van der Waals surface area contributed by atoms with E-state index in [0.29, 0.717) is 46.1 Å². The van der Waals surface area contributed by atoms with E-state index >= 15 is 0 Å². The highest BCUT2D eigenvalue weighted by molar-refractivity contribution is 6.34. The van der Waals surface area contributed by atoms with Crippen LogP contribution in [0.25, 0.3) is 0 Å². The molecule has 0 bridgehead atoms. The van der Waals surface area contributed by atoms with Gasteiger partial charge in [-0.15, -0.1) is 0 Å². The molecule has 2 aromatic rings. The number of benzene rings is 2. The third-order valence-corrected chi connectivity index (χ3v) is 5.13. The second-order valence-electron chi connectivity index (χ2n) is 6.29. The maximum absolute atomic E-state index is 13.1. The van der Waals surface area contributed by atoms with Crippen molar-refractivity contribution in [2.45, 2.75) is 19.4 Å². The van der Waals surface area contributed by atoms with Crippen molar-refractivity contribution in [1.82, 2.24) is 4.90 Å². The van der Waals surface area contributed by atoms with Crippen molar-refractivity contribution in [1.29, 1.82) is 0 Å². The Balaban J connectivity index is 1.94. The molecule has 25 heavy (non-hydrogen) atoms. The van der Waals surface area contributed by atoms with Crippen molar-refractivity contribution < 1.29 is 9.53 Å². The highest BCUT2D eigenvalue weighted by atomic mass is 35.5. The van der Waals surface area contributed by atoms with Crippen LogP contribution in [0.5, 0.6) is 11.5 Å². The van der Waals surface area contributed by atoms with Crippen molar-refractivity contribution in [2.24, 2.45) is 11.7 Å². The van der Waals surface area contributed by atoms with E-state index in [1.807, 2.05) is 24.0 Å². The minimum atomic E-state index is -0.142. The molecule has 1 amide bonds. The zero-order valence-electron chi connectivity index (χ0n) is 13.9. The summed E-state index contributed by atoms with van der Waals surface area (Å²) in [4.78, 5) is 14.9. The van der Waals surface area contributed by atoms with Gasteiger partial charge in [0, 0.05) is 12.6 Å². The van der Waals surface area contributed by atoms with E-state index in [1.165, 1.54) is 0 Å². The van der Waals surface area contributed by atoms with E-state index in [4.69, 9.17) is 33.7 Å². The zero-order chi connectivity index (χ0) is 18.0. The van der Waals surface area contributed by atoms with Crippen LogP contribution in [0.2, 0.25) is 10.0 Å². The summed E-state index contributed by atoms with van der Waals surface area (Å²) in [5, 5.41) is 0.830. The number of para-hydroxylation sites is 1. The fourth-order valence-corrected chi connectivity index (χ4v) is 3.60. The van der Waals surface area contributed by atoms with Crippen LogP contribution in [-0.2, 0) is 0 Å². The molecule has 3 rings (SSSR count). The minimum absolute atomic E-state index is 0.116. The maximum atomic E-state index is 13.1. The molecule has 2 aromatic carbocycles. The largest absolute Gasteiger partial charge is 0.455 e. The quantitative estimate of drug-likeness (QED) is 0.845. The smallest absolute Gasteiger partial charge is 0.259 e. The maximum Gasteiger partial charge on any atom is 0.259 e. The summed E-state index contributed by atoms with van der Waals surface area (Å²) in [6, 6.07) is 12.4. The molecule has 0 aromatic heterocycles. The van der Waals surface area contributed by atoms with Crippen molar-refractivity contribution in [3.63, 3.8) is 0 Å². The number of rotatable bonds is 4. The molecule has 2 unspecified atom stereocenters. The van der Waals surface area contributed by atoms with Crippen molar-refractivity contribution in [3.8, 4) is 11.5 Å². The number of halogens is 2. The molecule has 0 aliphatic carbocycles. The molecule has 1 aliphatic heterocycles. The topological polar surface area (TPSA) is 55.6 Å². The molecular formula is C19H20Cl2N2O2. The summed E-state index contributed by atoms with van der Waals surface area (Å²) in [6.07, 6.45) is 0.896. The molecule has 0 radical (unpaired) electrons. The fraction of sp³-hybridized carbons (Fsp3) is 0.316. The number of nitrogens with two attached hydrogens (primary N) is 1. The highest BCUT2D eigenvalue weighted by Gasteiger charge is 2.34. The molecule has 2 atom stereocenters. The van der Waals surface area contributed by atoms with Gasteiger partial charge in [-0.05, 0) is 50.1 Å². The lowest BCUT2D eigenvalue weighted by atomic mass is 10.1. The molecule has 0 saturated carbocycles. The average molecular weight is 379 g/mol. The second kappa shape index (κ2) is 7.65. The van der Waals surface area contributed by atoms with E-state index in [-0.39, 0.29) is 11.9 Å². The first-order valence-electron chi connectivity index (χ1n) is 8.23. The van der Waals surface area contributed by atoms with Crippen LogP contribution in [0.1, 0.15) is 23.7 Å². The Morgan fingerprint density at radius 3 is 2.52 bits per heavy atom. The van der Waals surface area contributed by atoms with E-state index in [0.717, 1.165) is 6.42 Å². The second-order valence-corrected chi connectivity index (χ2v) is 7.10. The van der Waals surface area contributed by atoms with Crippen LogP contribution in [-0.4, -0.2) is 29.9 Å². The summed E-state index contributed by atoms with van der Waals surface area (Å²) < 4.78 is 5.90. The first-order valence-corrected chi connectivity index (χ1v) is 8.98. The van der Waals surface area contributed by atoms with Crippen LogP contribution in [0.15, 0.2) is 42.5 Å². The van der Waals surface area contributed by atoms with Gasteiger partial charge < -0.3 is 15.4 Å². The van der Waals surface area contributed by atoms with Crippen LogP contribution in [0.3, 0.4) is 0 Å². The van der Waals surface area contributed by atoms with Gasteiger partial charge in [0.2, 0.25) is 0 Å². The van der Waals surface area contributed by atoms with Gasteiger partial charge >= 0.3 is 0 Å². The van der Waals surface area contributed by atoms with E-state index < -0.39 is 0 Å². The Kier molecular flexibility index (Phi) is 5.52. The summed E-state index contributed by atoms with van der Waals surface area (Å²) in [5.74, 6) is 1.05. The predicted octanol–water partition coefficient (Wildman–Crippen LogP) is 4.60. The third-order valence-electron chi connectivity index (χ3n) is 4.50. The summed E-state index contributed by atoms with van der Waals surface area (Å²) in [7, 11) is 0. The van der Waals surface area contributed by atoms with Crippen LogP contribution < -0.4 is 10.5 Å². The SMILES string of the molecule is CC1CC(CN)CN1C(=O)c1c(Cl)cccc1Oc1ccccc1Cl. The van der Waals surface area contributed by atoms with E-state index in [2.05, 4.69) is 0 Å². The van der Waals surface area contributed by atoms with E-state index in [9.17, 15) is 4.79 Å². The first-order chi connectivity index (χ1) is 12.0. The number of hydrogen-bond donors (Lipinski definition) is 1. The van der Waals surface area contributed by atoms with Gasteiger partial charge in [0.25, 0.3) is 5.91 Å². The molecular weight excluding hydrogens is 359 g/mol. The Bertz CT molecular complexity index is 782. The van der Waals surface area contributed by atoms with Gasteiger partial charge in [-0.25, -0.2) is 0 Å². The number of amides is 1. The number of carbonyl (C=O) groups excluding carboxylic acids is 1. The molecule has 1 fully saturated rings. The lowest BCUT2D eigenvalue weighted by molar-refractivity contribution is 0.0741. The lowest BCUT2D eigenvalue weighted by Crippen LogP contribution is -2.34. The third kappa shape index (κ3) is 3.76.